The highest BCUT2D eigenvalue weighted by Crippen LogP contribution is 2.26. The second kappa shape index (κ2) is 9.45. The van der Waals surface area contributed by atoms with Crippen LogP contribution in [0.4, 0.5) is 0 Å². The van der Waals surface area contributed by atoms with E-state index >= 15 is 0 Å². The Labute approximate surface area is 191 Å². The number of aromatic nitrogens is 2. The first-order valence-corrected chi connectivity index (χ1v) is 12.2. The average molecular weight is 470 g/mol. The van der Waals surface area contributed by atoms with Crippen molar-refractivity contribution in [1.82, 2.24) is 15.1 Å². The highest BCUT2D eigenvalue weighted by atomic mass is 32.2. The SMILES string of the molecule is Cc1ccc(-c2nn(-c3ccccc3)cc2C=CC(=O)OCC(=O)NC2CCS(=O)(=O)C2)o1. The fourth-order valence-corrected chi connectivity index (χ4v) is 5.17. The Bertz CT molecular complexity index is 1290. The molecule has 1 N–H and O–H groups in total. The highest BCUT2D eigenvalue weighted by Gasteiger charge is 2.29. The van der Waals surface area contributed by atoms with Crippen LogP contribution in [0.15, 0.2) is 59.2 Å². The zero-order valence-corrected chi connectivity index (χ0v) is 18.7. The molecule has 0 aliphatic carbocycles. The summed E-state index contributed by atoms with van der Waals surface area (Å²) in [5.74, 6) is -0.00157. The highest BCUT2D eigenvalue weighted by molar-refractivity contribution is 7.91. The van der Waals surface area contributed by atoms with Crippen molar-refractivity contribution in [1.29, 1.82) is 0 Å². The van der Waals surface area contributed by atoms with Crippen molar-refractivity contribution in [2.24, 2.45) is 0 Å². The lowest BCUT2D eigenvalue weighted by Crippen LogP contribution is -2.38. The van der Waals surface area contributed by atoms with Crippen LogP contribution in [-0.4, -0.2) is 54.2 Å². The fraction of sp³-hybridized carbons (Fsp3) is 0.261. The molecule has 1 fully saturated rings. The van der Waals surface area contributed by atoms with Crippen LogP contribution >= 0.6 is 0 Å². The third kappa shape index (κ3) is 5.78. The maximum Gasteiger partial charge on any atom is 0.331 e. The number of sulfone groups is 1. The van der Waals surface area contributed by atoms with Crippen molar-refractivity contribution in [3.8, 4) is 17.1 Å². The molecule has 0 saturated carbocycles. The van der Waals surface area contributed by atoms with Crippen molar-refractivity contribution in [3.05, 3.63) is 66.1 Å². The van der Waals surface area contributed by atoms with Gasteiger partial charge in [0.15, 0.2) is 22.2 Å². The molecule has 3 heterocycles. The smallest absolute Gasteiger partial charge is 0.331 e. The molecule has 2 aromatic heterocycles. The van der Waals surface area contributed by atoms with Gasteiger partial charge in [0.05, 0.1) is 17.2 Å². The van der Waals surface area contributed by atoms with E-state index in [1.165, 1.54) is 6.08 Å². The summed E-state index contributed by atoms with van der Waals surface area (Å²) < 4.78 is 35.3. The number of ether oxygens (including phenoxy) is 1. The Kier molecular flexibility index (Phi) is 6.45. The molecule has 1 aromatic carbocycles. The number of para-hydroxylation sites is 1. The Morgan fingerprint density at radius 3 is 2.70 bits per heavy atom. The van der Waals surface area contributed by atoms with Gasteiger partial charge in [-0.05, 0) is 43.7 Å². The van der Waals surface area contributed by atoms with Gasteiger partial charge in [0, 0.05) is 23.9 Å². The van der Waals surface area contributed by atoms with E-state index < -0.39 is 34.4 Å². The summed E-state index contributed by atoms with van der Waals surface area (Å²) in [5.41, 5.74) is 2.02. The van der Waals surface area contributed by atoms with Crippen LogP contribution < -0.4 is 5.32 Å². The Balaban J connectivity index is 1.42. The van der Waals surface area contributed by atoms with Crippen LogP contribution in [0.25, 0.3) is 23.2 Å². The molecule has 1 unspecified atom stereocenters. The van der Waals surface area contributed by atoms with Gasteiger partial charge in [0.25, 0.3) is 5.91 Å². The standard InChI is InChI=1S/C23H23N3O6S/c1-16-7-9-20(32-16)23-17(13-26(25-23)19-5-3-2-4-6-19)8-10-22(28)31-14-21(27)24-18-11-12-33(29,30)15-18/h2-10,13,18H,11-12,14-15H2,1H3,(H,24,27). The number of rotatable bonds is 7. The summed E-state index contributed by atoms with van der Waals surface area (Å²) in [6.45, 7) is 1.34. The minimum absolute atomic E-state index is 0.0503. The van der Waals surface area contributed by atoms with Crippen LogP contribution in [0, 0.1) is 6.92 Å². The summed E-state index contributed by atoms with van der Waals surface area (Å²) in [5, 5.41) is 7.16. The number of nitrogens with zero attached hydrogens (tertiary/aromatic N) is 2. The maximum atomic E-state index is 12.2. The Hall–Kier alpha value is -3.66. The van der Waals surface area contributed by atoms with E-state index in [9.17, 15) is 18.0 Å². The number of hydrogen-bond donors (Lipinski definition) is 1. The van der Waals surface area contributed by atoms with Crippen LogP contribution in [0.1, 0.15) is 17.7 Å². The zero-order valence-electron chi connectivity index (χ0n) is 17.9. The molecular weight excluding hydrogens is 446 g/mol. The second-order valence-electron chi connectivity index (χ2n) is 7.73. The molecule has 10 heteroatoms. The van der Waals surface area contributed by atoms with Crippen molar-refractivity contribution in [3.63, 3.8) is 0 Å². The van der Waals surface area contributed by atoms with Gasteiger partial charge in [0.1, 0.15) is 11.5 Å². The van der Waals surface area contributed by atoms with E-state index in [0.717, 1.165) is 11.4 Å². The quantitative estimate of drug-likeness (QED) is 0.416. The minimum atomic E-state index is -3.10. The van der Waals surface area contributed by atoms with E-state index in [4.69, 9.17) is 9.15 Å². The molecule has 0 spiro atoms. The number of amides is 1. The third-order valence-electron chi connectivity index (χ3n) is 5.08. The van der Waals surface area contributed by atoms with E-state index in [1.807, 2.05) is 43.3 Å². The molecule has 3 aromatic rings. The van der Waals surface area contributed by atoms with E-state index in [0.29, 0.717) is 23.4 Å². The van der Waals surface area contributed by atoms with E-state index in [1.54, 1.807) is 23.0 Å². The van der Waals surface area contributed by atoms with Crippen LogP contribution in [-0.2, 0) is 24.2 Å². The van der Waals surface area contributed by atoms with Gasteiger partial charge < -0.3 is 14.5 Å². The monoisotopic (exact) mass is 469 g/mol. The van der Waals surface area contributed by atoms with Gasteiger partial charge >= 0.3 is 5.97 Å². The van der Waals surface area contributed by atoms with Crippen LogP contribution in [0.3, 0.4) is 0 Å². The molecule has 4 rings (SSSR count). The molecule has 1 amide bonds. The molecule has 1 saturated heterocycles. The second-order valence-corrected chi connectivity index (χ2v) is 9.96. The summed E-state index contributed by atoms with van der Waals surface area (Å²) in [7, 11) is -3.10. The van der Waals surface area contributed by atoms with Gasteiger partial charge in [-0.1, -0.05) is 18.2 Å². The Morgan fingerprint density at radius 2 is 2.03 bits per heavy atom. The minimum Gasteiger partial charge on any atom is -0.460 e. The van der Waals surface area contributed by atoms with Crippen molar-refractivity contribution in [2.45, 2.75) is 19.4 Å². The van der Waals surface area contributed by atoms with Crippen molar-refractivity contribution >= 4 is 27.8 Å². The van der Waals surface area contributed by atoms with E-state index in [-0.39, 0.29) is 11.5 Å². The van der Waals surface area contributed by atoms with Gasteiger partial charge in [-0.15, -0.1) is 0 Å². The molecule has 33 heavy (non-hydrogen) atoms. The summed E-state index contributed by atoms with van der Waals surface area (Å²) in [6.07, 6.45) is 4.88. The van der Waals surface area contributed by atoms with Crippen molar-refractivity contribution in [2.75, 3.05) is 18.1 Å². The number of nitrogens with one attached hydrogen (secondary N) is 1. The number of carbonyl (C=O) groups excluding carboxylic acids is 2. The number of furan rings is 1. The van der Waals surface area contributed by atoms with Crippen LogP contribution in [0.2, 0.25) is 0 Å². The lowest BCUT2D eigenvalue weighted by molar-refractivity contribution is -0.143. The number of esters is 1. The molecule has 172 valence electrons. The predicted octanol–water partition coefficient (Wildman–Crippen LogP) is 2.30. The lowest BCUT2D eigenvalue weighted by Gasteiger charge is -2.10. The molecule has 9 nitrogen and oxygen atoms in total. The number of hydrogen-bond acceptors (Lipinski definition) is 7. The predicted molar refractivity (Wildman–Crippen MR) is 121 cm³/mol. The van der Waals surface area contributed by atoms with E-state index in [2.05, 4.69) is 10.4 Å². The normalized spacial score (nSPS) is 17.3. The molecule has 0 radical (unpaired) electrons. The third-order valence-corrected chi connectivity index (χ3v) is 6.85. The molecule has 1 aliphatic rings. The van der Waals surface area contributed by atoms with Crippen LogP contribution in [0.5, 0.6) is 0 Å². The number of benzene rings is 1. The van der Waals surface area contributed by atoms with Gasteiger partial charge in [-0.25, -0.2) is 17.9 Å². The van der Waals surface area contributed by atoms with Gasteiger partial charge in [-0.3, -0.25) is 4.79 Å². The first-order chi connectivity index (χ1) is 15.8. The van der Waals surface area contributed by atoms with Gasteiger partial charge in [0.2, 0.25) is 0 Å². The summed E-state index contributed by atoms with van der Waals surface area (Å²) in [4.78, 5) is 24.1. The molecular formula is C23H23N3O6S. The molecule has 1 atom stereocenters. The fourth-order valence-electron chi connectivity index (χ4n) is 3.50. The lowest BCUT2D eigenvalue weighted by atomic mass is 10.2. The first-order valence-electron chi connectivity index (χ1n) is 10.4. The Morgan fingerprint density at radius 1 is 1.24 bits per heavy atom. The summed E-state index contributed by atoms with van der Waals surface area (Å²) >= 11 is 0. The zero-order chi connectivity index (χ0) is 23.4. The average Bonchev–Trinajstić information content (AvgIpc) is 3.49. The topological polar surface area (TPSA) is 120 Å². The number of aryl methyl sites for hydroxylation is 1. The van der Waals surface area contributed by atoms with Crippen molar-refractivity contribution < 1.29 is 27.2 Å². The molecule has 1 aliphatic heterocycles. The first kappa shape index (κ1) is 22.5. The maximum absolute atomic E-state index is 12.2. The number of carbonyl (C=O) groups is 2. The summed E-state index contributed by atoms with van der Waals surface area (Å²) in [6, 6.07) is 12.7. The van der Waals surface area contributed by atoms with Gasteiger partial charge in [-0.2, -0.15) is 5.10 Å². The largest absolute Gasteiger partial charge is 0.460 e. The molecule has 0 bridgehead atoms.